The van der Waals surface area contributed by atoms with E-state index in [1.165, 1.54) is 13.3 Å². The summed E-state index contributed by atoms with van der Waals surface area (Å²) in [6.45, 7) is 1.91. The van der Waals surface area contributed by atoms with Crippen molar-refractivity contribution in [3.8, 4) is 0 Å². The van der Waals surface area contributed by atoms with Crippen LogP contribution in [-0.2, 0) is 10.0 Å². The number of aryl methyl sites for hydroxylation is 1. The zero-order valence-electron chi connectivity index (χ0n) is 12.7. The van der Waals surface area contributed by atoms with Crippen LogP contribution in [0.25, 0.3) is 0 Å². The van der Waals surface area contributed by atoms with Gasteiger partial charge < -0.3 is 0 Å². The first-order valence-electron chi connectivity index (χ1n) is 6.67. The van der Waals surface area contributed by atoms with Gasteiger partial charge in [-0.15, -0.1) is 11.8 Å². The number of hydrogen-bond donors (Lipinski definition) is 0. The molecule has 0 saturated carbocycles. The monoisotopic (exact) mass is 334 g/mol. The van der Waals surface area contributed by atoms with Gasteiger partial charge in [0.25, 0.3) is 10.0 Å². The fourth-order valence-electron chi connectivity index (χ4n) is 1.76. The summed E-state index contributed by atoms with van der Waals surface area (Å²) in [5, 5.41) is 4.03. The molecule has 0 aliphatic heterocycles. The maximum absolute atomic E-state index is 12.4. The van der Waals surface area contributed by atoms with Crippen molar-refractivity contribution < 1.29 is 8.42 Å². The first-order valence-corrected chi connectivity index (χ1v) is 9.33. The standard InChI is InChI=1S/C16H18N2O2S2/c1-13-4-10-16(11-5-13)22(19,20)18(2)17-12-14-6-8-15(21-3)9-7-14/h4-12H,1-3H3. The molecular formula is C16H18N2O2S2. The van der Waals surface area contributed by atoms with Gasteiger partial charge in [0.05, 0.1) is 11.1 Å². The molecule has 2 aromatic carbocycles. The molecule has 0 aliphatic carbocycles. The van der Waals surface area contributed by atoms with Gasteiger partial charge in [-0.05, 0) is 43.0 Å². The topological polar surface area (TPSA) is 49.7 Å². The summed E-state index contributed by atoms with van der Waals surface area (Å²) >= 11 is 1.65. The molecule has 22 heavy (non-hydrogen) atoms. The Bertz CT molecular complexity index is 752. The molecule has 0 amide bonds. The van der Waals surface area contributed by atoms with Crippen LogP contribution in [0.1, 0.15) is 11.1 Å². The van der Waals surface area contributed by atoms with Gasteiger partial charge in [-0.1, -0.05) is 29.8 Å². The molecule has 0 unspecified atom stereocenters. The molecule has 0 N–H and O–H groups in total. The number of sulfonamides is 1. The van der Waals surface area contributed by atoms with Gasteiger partial charge in [-0.3, -0.25) is 0 Å². The van der Waals surface area contributed by atoms with E-state index in [1.54, 1.807) is 36.0 Å². The normalized spacial score (nSPS) is 11.8. The number of benzene rings is 2. The van der Waals surface area contributed by atoms with E-state index in [4.69, 9.17) is 0 Å². The Morgan fingerprint density at radius 1 is 1.05 bits per heavy atom. The Labute approximate surface area is 135 Å². The van der Waals surface area contributed by atoms with Crippen LogP contribution in [0.3, 0.4) is 0 Å². The zero-order valence-corrected chi connectivity index (χ0v) is 14.4. The summed E-state index contributed by atoms with van der Waals surface area (Å²) in [5.41, 5.74) is 1.86. The predicted molar refractivity (Wildman–Crippen MR) is 91.9 cm³/mol. The third-order valence-corrected chi connectivity index (χ3v) is 5.55. The van der Waals surface area contributed by atoms with E-state index in [9.17, 15) is 8.42 Å². The van der Waals surface area contributed by atoms with Crippen LogP contribution in [0.2, 0.25) is 0 Å². The molecule has 4 nitrogen and oxygen atoms in total. The van der Waals surface area contributed by atoms with Crippen molar-refractivity contribution in [1.82, 2.24) is 4.41 Å². The van der Waals surface area contributed by atoms with E-state index in [2.05, 4.69) is 5.10 Å². The first-order chi connectivity index (χ1) is 10.4. The molecule has 0 spiro atoms. The van der Waals surface area contributed by atoms with Crippen LogP contribution in [0.5, 0.6) is 0 Å². The van der Waals surface area contributed by atoms with Crippen molar-refractivity contribution in [1.29, 1.82) is 0 Å². The van der Waals surface area contributed by atoms with Crippen LogP contribution in [0.15, 0.2) is 63.4 Å². The molecular weight excluding hydrogens is 316 g/mol. The molecule has 0 fully saturated rings. The molecule has 0 saturated heterocycles. The number of rotatable bonds is 5. The van der Waals surface area contributed by atoms with Gasteiger partial charge in [0.2, 0.25) is 0 Å². The molecule has 6 heteroatoms. The smallest absolute Gasteiger partial charge is 0.200 e. The van der Waals surface area contributed by atoms with E-state index < -0.39 is 10.0 Å². The minimum absolute atomic E-state index is 0.232. The predicted octanol–water partition coefficient (Wildman–Crippen LogP) is 3.37. The highest BCUT2D eigenvalue weighted by Gasteiger charge is 2.18. The maximum Gasteiger partial charge on any atom is 0.278 e. The van der Waals surface area contributed by atoms with Gasteiger partial charge in [-0.25, -0.2) is 0 Å². The Morgan fingerprint density at radius 3 is 2.18 bits per heavy atom. The quantitative estimate of drug-likeness (QED) is 0.478. The van der Waals surface area contributed by atoms with Crippen LogP contribution in [0, 0.1) is 6.92 Å². The molecule has 2 aromatic rings. The Balaban J connectivity index is 2.17. The third-order valence-electron chi connectivity index (χ3n) is 3.15. The first kappa shape index (κ1) is 16.6. The van der Waals surface area contributed by atoms with E-state index in [1.807, 2.05) is 37.4 Å². The second-order valence-electron chi connectivity index (χ2n) is 4.77. The highest BCUT2D eigenvalue weighted by Crippen LogP contribution is 2.16. The fraction of sp³-hybridized carbons (Fsp3) is 0.188. The average Bonchev–Trinajstić information content (AvgIpc) is 2.53. The minimum atomic E-state index is -3.61. The Kier molecular flexibility index (Phi) is 5.26. The Morgan fingerprint density at radius 2 is 1.64 bits per heavy atom. The molecule has 0 aliphatic rings. The lowest BCUT2D eigenvalue weighted by atomic mass is 10.2. The lowest BCUT2D eigenvalue weighted by Gasteiger charge is -2.13. The van der Waals surface area contributed by atoms with Gasteiger partial charge in [0.1, 0.15) is 0 Å². The van der Waals surface area contributed by atoms with E-state index in [0.29, 0.717) is 0 Å². The summed E-state index contributed by atoms with van der Waals surface area (Å²) in [4.78, 5) is 1.38. The number of hydrazone groups is 1. The highest BCUT2D eigenvalue weighted by atomic mass is 32.2. The van der Waals surface area contributed by atoms with Gasteiger partial charge in [0.15, 0.2) is 0 Å². The average molecular weight is 334 g/mol. The SMILES string of the molecule is CSc1ccc(C=NN(C)S(=O)(=O)c2ccc(C)cc2)cc1. The van der Waals surface area contributed by atoms with Crippen molar-refractivity contribution in [3.05, 3.63) is 59.7 Å². The highest BCUT2D eigenvalue weighted by molar-refractivity contribution is 7.98. The maximum atomic E-state index is 12.4. The second-order valence-corrected chi connectivity index (χ2v) is 7.60. The van der Waals surface area contributed by atoms with Crippen molar-refractivity contribution in [3.63, 3.8) is 0 Å². The van der Waals surface area contributed by atoms with Gasteiger partial charge >= 0.3 is 0 Å². The summed E-state index contributed by atoms with van der Waals surface area (Å²) < 4.78 is 25.7. The second kappa shape index (κ2) is 6.98. The van der Waals surface area contributed by atoms with E-state index in [0.717, 1.165) is 20.4 Å². The zero-order chi connectivity index (χ0) is 16.2. The molecule has 0 heterocycles. The molecule has 116 valence electrons. The molecule has 0 atom stereocenters. The Hall–Kier alpha value is -1.79. The number of thioether (sulfide) groups is 1. The summed E-state index contributed by atoms with van der Waals surface area (Å²) in [6.07, 6.45) is 3.54. The summed E-state index contributed by atoms with van der Waals surface area (Å²) in [7, 11) is -2.17. The van der Waals surface area contributed by atoms with Crippen molar-refractivity contribution in [2.24, 2.45) is 5.10 Å². The molecule has 0 bridgehead atoms. The van der Waals surface area contributed by atoms with Crippen molar-refractivity contribution in [2.75, 3.05) is 13.3 Å². The van der Waals surface area contributed by atoms with Crippen LogP contribution >= 0.6 is 11.8 Å². The van der Waals surface area contributed by atoms with Crippen LogP contribution < -0.4 is 0 Å². The van der Waals surface area contributed by atoms with E-state index in [-0.39, 0.29) is 4.90 Å². The number of nitrogens with zero attached hydrogens (tertiary/aromatic N) is 2. The fourth-order valence-corrected chi connectivity index (χ4v) is 3.13. The molecule has 2 rings (SSSR count). The summed E-state index contributed by atoms with van der Waals surface area (Å²) in [6, 6.07) is 14.5. The molecule has 0 radical (unpaired) electrons. The largest absolute Gasteiger partial charge is 0.278 e. The number of hydrogen-bond acceptors (Lipinski definition) is 4. The van der Waals surface area contributed by atoms with Crippen molar-refractivity contribution >= 4 is 28.0 Å². The van der Waals surface area contributed by atoms with Gasteiger partial charge in [-0.2, -0.15) is 17.9 Å². The van der Waals surface area contributed by atoms with Gasteiger partial charge in [0, 0.05) is 11.9 Å². The van der Waals surface area contributed by atoms with Crippen LogP contribution in [0.4, 0.5) is 0 Å². The van der Waals surface area contributed by atoms with E-state index >= 15 is 0 Å². The molecule has 0 aromatic heterocycles. The summed E-state index contributed by atoms with van der Waals surface area (Å²) in [5.74, 6) is 0. The van der Waals surface area contributed by atoms with Crippen molar-refractivity contribution in [2.45, 2.75) is 16.7 Å². The lowest BCUT2D eigenvalue weighted by Crippen LogP contribution is -2.21. The third kappa shape index (κ3) is 3.90. The lowest BCUT2D eigenvalue weighted by molar-refractivity contribution is 0.491. The van der Waals surface area contributed by atoms with Crippen LogP contribution in [-0.4, -0.2) is 32.4 Å². The minimum Gasteiger partial charge on any atom is -0.200 e.